The summed E-state index contributed by atoms with van der Waals surface area (Å²) in [6, 6.07) is 0. The Morgan fingerprint density at radius 2 is 2.00 bits per heavy atom. The van der Waals surface area contributed by atoms with Crippen molar-refractivity contribution in [1.82, 2.24) is 9.97 Å². The molecule has 0 radical (unpaired) electrons. The molecule has 1 fully saturated rings. The first-order chi connectivity index (χ1) is 11.1. The molecular formula is C18H27N4S+. The van der Waals surface area contributed by atoms with Crippen LogP contribution in [0.5, 0.6) is 0 Å². The standard InChI is InChI=1S/C18H26N4S/c1-11(2)16-20-17(22-8-6-19-7-9-22)15-13-5-4-12(3)10-14(13)23-18(15)21-16/h11-12,19H,4-10H2,1-3H3/p+1/t12-/m0/s1. The van der Waals surface area contributed by atoms with E-state index in [9.17, 15) is 0 Å². The Kier molecular flexibility index (Phi) is 4.01. The number of hydrogen-bond donors (Lipinski definition) is 1. The minimum absolute atomic E-state index is 0.382. The smallest absolute Gasteiger partial charge is 0.141 e. The molecule has 0 amide bonds. The number of thiophene rings is 1. The number of fused-ring (bicyclic) bond motifs is 3. The van der Waals surface area contributed by atoms with Crippen LogP contribution in [0.4, 0.5) is 5.82 Å². The number of anilines is 1. The van der Waals surface area contributed by atoms with Crippen LogP contribution in [0.25, 0.3) is 10.2 Å². The number of quaternary nitrogens is 1. The van der Waals surface area contributed by atoms with Crippen LogP contribution in [0.3, 0.4) is 0 Å². The number of hydrogen-bond acceptors (Lipinski definition) is 4. The Morgan fingerprint density at radius 1 is 1.22 bits per heavy atom. The normalized spacial score (nSPS) is 21.9. The first-order valence-corrected chi connectivity index (χ1v) is 9.84. The Labute approximate surface area is 142 Å². The van der Waals surface area contributed by atoms with Crippen molar-refractivity contribution in [2.24, 2.45) is 5.92 Å². The van der Waals surface area contributed by atoms with Gasteiger partial charge in [-0.25, -0.2) is 9.97 Å². The van der Waals surface area contributed by atoms with Gasteiger partial charge in [0.15, 0.2) is 0 Å². The van der Waals surface area contributed by atoms with E-state index < -0.39 is 0 Å². The quantitative estimate of drug-likeness (QED) is 0.919. The molecule has 1 aliphatic carbocycles. The van der Waals surface area contributed by atoms with E-state index in [-0.39, 0.29) is 0 Å². The maximum absolute atomic E-state index is 5.03. The maximum atomic E-state index is 5.03. The van der Waals surface area contributed by atoms with Gasteiger partial charge >= 0.3 is 0 Å². The molecule has 0 spiro atoms. The molecule has 0 unspecified atom stereocenters. The van der Waals surface area contributed by atoms with Crippen LogP contribution in [0.15, 0.2) is 0 Å². The molecule has 1 saturated heterocycles. The molecule has 124 valence electrons. The lowest BCUT2D eigenvalue weighted by Crippen LogP contribution is -2.89. The van der Waals surface area contributed by atoms with Crippen molar-refractivity contribution >= 4 is 27.4 Å². The minimum Gasteiger partial charge on any atom is -0.345 e. The molecule has 2 aliphatic rings. The number of piperazine rings is 1. The van der Waals surface area contributed by atoms with E-state index in [1.807, 2.05) is 11.3 Å². The van der Waals surface area contributed by atoms with Gasteiger partial charge in [0.2, 0.25) is 0 Å². The SMILES string of the molecule is CC(C)c1nc(N2CC[NH2+]CC2)c2c3c(sc2n1)C[C@@H](C)CC3. The number of aromatic nitrogens is 2. The zero-order valence-electron chi connectivity index (χ0n) is 14.4. The van der Waals surface area contributed by atoms with Crippen LogP contribution in [-0.4, -0.2) is 36.1 Å². The first kappa shape index (κ1) is 15.3. The van der Waals surface area contributed by atoms with Gasteiger partial charge in [0.25, 0.3) is 0 Å². The van der Waals surface area contributed by atoms with Crippen LogP contribution in [0.1, 0.15) is 49.4 Å². The van der Waals surface area contributed by atoms with Crippen LogP contribution in [0.2, 0.25) is 0 Å². The second-order valence-corrected chi connectivity index (χ2v) is 8.53. The molecule has 2 N–H and O–H groups in total. The lowest BCUT2D eigenvalue weighted by Gasteiger charge is -2.28. The van der Waals surface area contributed by atoms with Crippen molar-refractivity contribution in [2.75, 3.05) is 31.1 Å². The molecule has 0 aromatic carbocycles. The summed E-state index contributed by atoms with van der Waals surface area (Å²) in [6.07, 6.45) is 3.73. The molecule has 0 saturated carbocycles. The van der Waals surface area contributed by atoms with Gasteiger partial charge in [0.1, 0.15) is 16.5 Å². The Balaban J connectivity index is 1.90. The van der Waals surface area contributed by atoms with Gasteiger partial charge in [-0.1, -0.05) is 20.8 Å². The first-order valence-electron chi connectivity index (χ1n) is 9.02. The van der Waals surface area contributed by atoms with Crippen molar-refractivity contribution < 1.29 is 5.32 Å². The van der Waals surface area contributed by atoms with Gasteiger partial charge in [-0.3, -0.25) is 0 Å². The van der Waals surface area contributed by atoms with E-state index in [1.54, 1.807) is 10.4 Å². The summed E-state index contributed by atoms with van der Waals surface area (Å²) in [4.78, 5) is 15.3. The summed E-state index contributed by atoms with van der Waals surface area (Å²) in [5, 5.41) is 3.78. The Morgan fingerprint density at radius 3 is 2.74 bits per heavy atom. The van der Waals surface area contributed by atoms with E-state index in [0.717, 1.165) is 24.8 Å². The predicted octanol–water partition coefficient (Wildman–Crippen LogP) is 2.32. The molecule has 2 aromatic heterocycles. The fraction of sp³-hybridized carbons (Fsp3) is 0.667. The highest BCUT2D eigenvalue weighted by molar-refractivity contribution is 7.19. The van der Waals surface area contributed by atoms with Crippen molar-refractivity contribution in [3.63, 3.8) is 0 Å². The summed E-state index contributed by atoms with van der Waals surface area (Å²) in [6.45, 7) is 11.3. The van der Waals surface area contributed by atoms with E-state index >= 15 is 0 Å². The van der Waals surface area contributed by atoms with Gasteiger partial charge in [-0.15, -0.1) is 11.3 Å². The fourth-order valence-corrected chi connectivity index (χ4v) is 5.17. The number of aryl methyl sites for hydroxylation is 1. The Hall–Kier alpha value is -1.20. The summed E-state index contributed by atoms with van der Waals surface area (Å²) in [5.41, 5.74) is 1.56. The fourth-order valence-electron chi connectivity index (χ4n) is 3.79. The largest absolute Gasteiger partial charge is 0.345 e. The van der Waals surface area contributed by atoms with Gasteiger partial charge in [-0.2, -0.15) is 0 Å². The van der Waals surface area contributed by atoms with Crippen molar-refractivity contribution in [2.45, 2.75) is 46.0 Å². The molecular weight excluding hydrogens is 304 g/mol. The lowest BCUT2D eigenvalue weighted by molar-refractivity contribution is -0.655. The van der Waals surface area contributed by atoms with Crippen LogP contribution in [-0.2, 0) is 12.8 Å². The van der Waals surface area contributed by atoms with E-state index in [0.29, 0.717) is 5.92 Å². The maximum Gasteiger partial charge on any atom is 0.141 e. The lowest BCUT2D eigenvalue weighted by atomic mass is 9.89. The number of nitrogens with two attached hydrogens (primary N) is 1. The molecule has 23 heavy (non-hydrogen) atoms. The average Bonchev–Trinajstić information content (AvgIpc) is 2.91. The predicted molar refractivity (Wildman–Crippen MR) is 96.6 cm³/mol. The van der Waals surface area contributed by atoms with Crippen LogP contribution >= 0.6 is 11.3 Å². The molecule has 1 aliphatic heterocycles. The highest BCUT2D eigenvalue weighted by Gasteiger charge is 2.27. The monoisotopic (exact) mass is 331 g/mol. The van der Waals surface area contributed by atoms with Crippen molar-refractivity contribution in [1.29, 1.82) is 0 Å². The summed E-state index contributed by atoms with van der Waals surface area (Å²) in [5.74, 6) is 3.42. The van der Waals surface area contributed by atoms with Gasteiger partial charge in [-0.05, 0) is 30.7 Å². The van der Waals surface area contributed by atoms with Gasteiger partial charge in [0.05, 0.1) is 31.6 Å². The highest BCUT2D eigenvalue weighted by atomic mass is 32.1. The number of rotatable bonds is 2. The molecule has 1 atom stereocenters. The van der Waals surface area contributed by atoms with E-state index in [4.69, 9.17) is 9.97 Å². The Bertz CT molecular complexity index is 715. The van der Waals surface area contributed by atoms with E-state index in [1.165, 1.54) is 48.4 Å². The third-order valence-electron chi connectivity index (χ3n) is 5.18. The number of nitrogens with zero attached hydrogens (tertiary/aromatic N) is 3. The molecule has 5 heteroatoms. The van der Waals surface area contributed by atoms with Gasteiger partial charge < -0.3 is 10.2 Å². The summed E-state index contributed by atoms with van der Waals surface area (Å²) >= 11 is 1.93. The van der Waals surface area contributed by atoms with E-state index in [2.05, 4.69) is 31.0 Å². The van der Waals surface area contributed by atoms with Crippen LogP contribution in [0, 0.1) is 5.92 Å². The summed E-state index contributed by atoms with van der Waals surface area (Å²) in [7, 11) is 0. The summed E-state index contributed by atoms with van der Waals surface area (Å²) < 4.78 is 0. The van der Waals surface area contributed by atoms with Crippen molar-refractivity contribution in [3.05, 3.63) is 16.3 Å². The zero-order chi connectivity index (χ0) is 16.0. The van der Waals surface area contributed by atoms with Gasteiger partial charge in [0, 0.05) is 10.8 Å². The molecule has 0 bridgehead atoms. The third-order valence-corrected chi connectivity index (χ3v) is 6.32. The van der Waals surface area contributed by atoms with Crippen LogP contribution < -0.4 is 10.2 Å². The average molecular weight is 332 g/mol. The topological polar surface area (TPSA) is 45.6 Å². The second-order valence-electron chi connectivity index (χ2n) is 7.45. The highest BCUT2D eigenvalue weighted by Crippen LogP contribution is 2.41. The zero-order valence-corrected chi connectivity index (χ0v) is 15.2. The third kappa shape index (κ3) is 2.74. The molecule has 4 rings (SSSR count). The molecule has 3 heterocycles. The molecule has 2 aromatic rings. The van der Waals surface area contributed by atoms with Crippen molar-refractivity contribution in [3.8, 4) is 0 Å². The molecule has 4 nitrogen and oxygen atoms in total. The minimum atomic E-state index is 0.382. The second kappa shape index (κ2) is 6.02.